The number of hydrogen-bond acceptors (Lipinski definition) is 3. The van der Waals surface area contributed by atoms with Crippen LogP contribution in [0.25, 0.3) is 10.2 Å². The highest BCUT2D eigenvalue weighted by atomic mass is 79.9. The second kappa shape index (κ2) is 7.80. The lowest BCUT2D eigenvalue weighted by molar-refractivity contribution is 0.0985. The van der Waals surface area contributed by atoms with Gasteiger partial charge < -0.3 is 0 Å². The smallest absolute Gasteiger partial charge is 0.260 e. The molecule has 0 aliphatic rings. The van der Waals surface area contributed by atoms with E-state index in [1.807, 2.05) is 48.5 Å². The van der Waals surface area contributed by atoms with Crippen LogP contribution in [0.4, 0.5) is 5.13 Å². The Morgan fingerprint density at radius 2 is 1.78 bits per heavy atom. The largest absolute Gasteiger partial charge is 0.279 e. The van der Waals surface area contributed by atoms with Crippen molar-refractivity contribution >= 4 is 60.1 Å². The number of aromatic nitrogens is 1. The van der Waals surface area contributed by atoms with Crippen molar-refractivity contribution in [2.24, 2.45) is 0 Å². The molecule has 27 heavy (non-hydrogen) atoms. The minimum Gasteiger partial charge on any atom is -0.279 e. The SMILES string of the molecule is O=C(c1ccc(Cl)cc1)N(Cc1ccccc1)c1nc2ccc(Br)cc2s1. The Bertz CT molecular complexity index is 1100. The summed E-state index contributed by atoms with van der Waals surface area (Å²) < 4.78 is 2.02. The van der Waals surface area contributed by atoms with Crippen LogP contribution in [-0.2, 0) is 6.54 Å². The Labute approximate surface area is 174 Å². The van der Waals surface area contributed by atoms with Gasteiger partial charge in [0.05, 0.1) is 16.8 Å². The highest BCUT2D eigenvalue weighted by Gasteiger charge is 2.21. The molecule has 1 amide bonds. The number of anilines is 1. The Balaban J connectivity index is 1.76. The van der Waals surface area contributed by atoms with Crippen molar-refractivity contribution in [1.29, 1.82) is 0 Å². The van der Waals surface area contributed by atoms with Crippen LogP contribution in [0.15, 0.2) is 77.3 Å². The molecule has 0 saturated heterocycles. The maximum Gasteiger partial charge on any atom is 0.260 e. The summed E-state index contributed by atoms with van der Waals surface area (Å²) in [7, 11) is 0. The number of benzene rings is 3. The van der Waals surface area contributed by atoms with E-state index < -0.39 is 0 Å². The first-order chi connectivity index (χ1) is 13.1. The quantitative estimate of drug-likeness (QED) is 0.348. The monoisotopic (exact) mass is 456 g/mol. The van der Waals surface area contributed by atoms with Gasteiger partial charge in [0.15, 0.2) is 5.13 Å². The summed E-state index contributed by atoms with van der Waals surface area (Å²) in [5.74, 6) is -0.103. The molecular formula is C21H14BrClN2OS. The van der Waals surface area contributed by atoms with Crippen LogP contribution in [0.3, 0.4) is 0 Å². The Morgan fingerprint density at radius 1 is 1.04 bits per heavy atom. The molecule has 0 aliphatic carbocycles. The third kappa shape index (κ3) is 4.05. The molecule has 1 heterocycles. The summed E-state index contributed by atoms with van der Waals surface area (Å²) in [6, 6.07) is 22.8. The van der Waals surface area contributed by atoms with E-state index in [9.17, 15) is 4.79 Å². The lowest BCUT2D eigenvalue weighted by Gasteiger charge is -2.20. The number of nitrogens with zero attached hydrogens (tertiary/aromatic N) is 2. The molecule has 0 unspecified atom stereocenters. The maximum absolute atomic E-state index is 13.2. The Kier molecular flexibility index (Phi) is 5.25. The van der Waals surface area contributed by atoms with Crippen molar-refractivity contribution in [3.63, 3.8) is 0 Å². The highest BCUT2D eigenvalue weighted by molar-refractivity contribution is 9.10. The summed E-state index contributed by atoms with van der Waals surface area (Å²) in [4.78, 5) is 19.7. The van der Waals surface area contributed by atoms with Crippen LogP contribution in [0, 0.1) is 0 Å². The third-order valence-electron chi connectivity index (χ3n) is 4.09. The van der Waals surface area contributed by atoms with Crippen LogP contribution < -0.4 is 4.90 Å². The summed E-state index contributed by atoms with van der Waals surface area (Å²) in [6.07, 6.45) is 0. The van der Waals surface area contributed by atoms with E-state index in [0.717, 1.165) is 20.3 Å². The summed E-state index contributed by atoms with van der Waals surface area (Å²) >= 11 is 11.0. The molecule has 0 fully saturated rings. The zero-order chi connectivity index (χ0) is 18.8. The molecule has 0 atom stereocenters. The van der Waals surface area contributed by atoms with Gasteiger partial charge in [-0.3, -0.25) is 9.69 Å². The minimum absolute atomic E-state index is 0.103. The minimum atomic E-state index is -0.103. The molecule has 3 aromatic carbocycles. The zero-order valence-corrected chi connectivity index (χ0v) is 17.3. The lowest BCUT2D eigenvalue weighted by Crippen LogP contribution is -2.30. The molecular weight excluding hydrogens is 444 g/mol. The van der Waals surface area contributed by atoms with E-state index in [1.54, 1.807) is 29.2 Å². The fraction of sp³-hybridized carbons (Fsp3) is 0.0476. The molecule has 6 heteroatoms. The fourth-order valence-electron chi connectivity index (χ4n) is 2.74. The summed E-state index contributed by atoms with van der Waals surface area (Å²) in [6.45, 7) is 0.448. The van der Waals surface area contributed by atoms with Crippen molar-refractivity contribution in [1.82, 2.24) is 4.98 Å². The molecule has 1 aromatic heterocycles. The summed E-state index contributed by atoms with van der Waals surface area (Å²) in [5.41, 5.74) is 2.50. The van der Waals surface area contributed by atoms with E-state index in [2.05, 4.69) is 15.9 Å². The molecule has 0 N–H and O–H groups in total. The van der Waals surface area contributed by atoms with E-state index in [-0.39, 0.29) is 5.91 Å². The number of thiazole rings is 1. The lowest BCUT2D eigenvalue weighted by atomic mass is 10.1. The second-order valence-electron chi connectivity index (χ2n) is 5.99. The molecule has 134 valence electrons. The van der Waals surface area contributed by atoms with Crippen LogP contribution in [0.5, 0.6) is 0 Å². The van der Waals surface area contributed by atoms with Gasteiger partial charge >= 0.3 is 0 Å². The molecule has 3 nitrogen and oxygen atoms in total. The number of amides is 1. The topological polar surface area (TPSA) is 33.2 Å². The van der Waals surface area contributed by atoms with E-state index in [0.29, 0.717) is 22.3 Å². The average Bonchev–Trinajstić information content (AvgIpc) is 3.10. The number of fused-ring (bicyclic) bond motifs is 1. The maximum atomic E-state index is 13.2. The van der Waals surface area contributed by atoms with E-state index in [1.165, 1.54) is 11.3 Å². The second-order valence-corrected chi connectivity index (χ2v) is 8.35. The Hall–Kier alpha value is -2.21. The van der Waals surface area contributed by atoms with Crippen LogP contribution >= 0.6 is 38.9 Å². The zero-order valence-electron chi connectivity index (χ0n) is 14.1. The molecule has 0 radical (unpaired) electrons. The normalized spacial score (nSPS) is 10.9. The molecule has 4 aromatic rings. The number of hydrogen-bond donors (Lipinski definition) is 0. The van der Waals surface area contributed by atoms with Crippen molar-refractivity contribution in [3.05, 3.63) is 93.4 Å². The number of carbonyl (C=O) groups is 1. The van der Waals surface area contributed by atoms with Crippen molar-refractivity contribution in [3.8, 4) is 0 Å². The van der Waals surface area contributed by atoms with Gasteiger partial charge in [0.2, 0.25) is 0 Å². The third-order valence-corrected chi connectivity index (χ3v) is 5.88. The first kappa shape index (κ1) is 18.2. The average molecular weight is 458 g/mol. The van der Waals surface area contributed by atoms with Crippen LogP contribution in [0.2, 0.25) is 5.02 Å². The first-order valence-electron chi connectivity index (χ1n) is 8.27. The number of carbonyl (C=O) groups excluding carboxylic acids is 1. The van der Waals surface area contributed by atoms with Gasteiger partial charge in [-0.2, -0.15) is 0 Å². The van der Waals surface area contributed by atoms with Gasteiger partial charge in [-0.1, -0.05) is 69.2 Å². The molecule has 0 aliphatic heterocycles. The van der Waals surface area contributed by atoms with Crippen molar-refractivity contribution in [2.45, 2.75) is 6.54 Å². The van der Waals surface area contributed by atoms with Gasteiger partial charge in [-0.05, 0) is 48.0 Å². The Morgan fingerprint density at radius 3 is 2.52 bits per heavy atom. The van der Waals surface area contributed by atoms with Crippen molar-refractivity contribution < 1.29 is 4.79 Å². The molecule has 0 saturated carbocycles. The molecule has 0 spiro atoms. The number of rotatable bonds is 4. The predicted octanol–water partition coefficient (Wildman–Crippen LogP) is 6.56. The molecule has 4 rings (SSSR count). The van der Waals surface area contributed by atoms with Crippen LogP contribution in [-0.4, -0.2) is 10.9 Å². The predicted molar refractivity (Wildman–Crippen MR) is 116 cm³/mol. The highest BCUT2D eigenvalue weighted by Crippen LogP contribution is 2.32. The van der Waals surface area contributed by atoms with Gasteiger partial charge in [0.25, 0.3) is 5.91 Å². The summed E-state index contributed by atoms with van der Waals surface area (Å²) in [5, 5.41) is 1.28. The standard InChI is InChI=1S/C21H14BrClN2OS/c22-16-8-11-18-19(12-16)27-21(24-18)25(13-14-4-2-1-3-5-14)20(26)15-6-9-17(23)10-7-15/h1-12H,13H2. The van der Waals surface area contributed by atoms with Crippen molar-refractivity contribution in [2.75, 3.05) is 4.90 Å². The van der Waals surface area contributed by atoms with Crippen LogP contribution in [0.1, 0.15) is 15.9 Å². The molecule has 0 bridgehead atoms. The first-order valence-corrected chi connectivity index (χ1v) is 10.3. The fourth-order valence-corrected chi connectivity index (χ4v) is 4.38. The van der Waals surface area contributed by atoms with Gasteiger partial charge in [0, 0.05) is 15.1 Å². The van der Waals surface area contributed by atoms with E-state index in [4.69, 9.17) is 16.6 Å². The van der Waals surface area contributed by atoms with Gasteiger partial charge in [-0.25, -0.2) is 4.98 Å². The van der Waals surface area contributed by atoms with Gasteiger partial charge in [-0.15, -0.1) is 0 Å². The van der Waals surface area contributed by atoms with E-state index >= 15 is 0 Å². The van der Waals surface area contributed by atoms with Gasteiger partial charge in [0.1, 0.15) is 0 Å². The number of halogens is 2.